The second-order valence-corrected chi connectivity index (χ2v) is 9.52. The first-order valence-corrected chi connectivity index (χ1v) is 9.85. The molecule has 1 aliphatic heterocycles. The quantitative estimate of drug-likeness (QED) is 0.596. The van der Waals surface area contributed by atoms with Crippen LogP contribution in [0.1, 0.15) is 12.8 Å². The molecule has 0 aliphatic carbocycles. The average Bonchev–Trinajstić information content (AvgIpc) is 2.25. The van der Waals surface area contributed by atoms with Gasteiger partial charge in [-0.2, -0.15) is 0 Å². The maximum atomic E-state index is 12.0. The molecule has 0 bridgehead atoms. The van der Waals surface area contributed by atoms with Gasteiger partial charge in [0.2, 0.25) is 10.0 Å². The fourth-order valence-corrected chi connectivity index (χ4v) is 5.78. The van der Waals surface area contributed by atoms with Crippen molar-refractivity contribution in [3.05, 3.63) is 0 Å². The van der Waals surface area contributed by atoms with Crippen LogP contribution in [-0.2, 0) is 24.7 Å². The normalized spacial score (nSPS) is 21.8. The van der Waals surface area contributed by atoms with Gasteiger partial charge in [0.1, 0.15) is 0 Å². The number of aliphatic carboxylic acids is 1. The van der Waals surface area contributed by atoms with Crippen LogP contribution in [0, 0.1) is 5.92 Å². The van der Waals surface area contributed by atoms with Crippen LogP contribution in [0.3, 0.4) is 0 Å². The predicted molar refractivity (Wildman–Crippen MR) is 73.4 cm³/mol. The van der Waals surface area contributed by atoms with E-state index in [1.54, 1.807) is 0 Å². The van der Waals surface area contributed by atoms with Gasteiger partial charge >= 0.3 is 5.97 Å². The highest BCUT2D eigenvalue weighted by atomic mass is 32.3. The topological polar surface area (TPSA) is 121 Å². The minimum Gasteiger partial charge on any atom is -0.480 e. The molecule has 1 unspecified atom stereocenters. The number of hydrogen-bond acceptors (Lipinski definition) is 6. The first-order chi connectivity index (χ1) is 9.10. The zero-order chi connectivity index (χ0) is 15.4. The van der Waals surface area contributed by atoms with Crippen LogP contribution in [0.5, 0.6) is 0 Å². The van der Waals surface area contributed by atoms with Crippen molar-refractivity contribution in [1.82, 2.24) is 9.62 Å². The molecule has 2 N–H and O–H groups in total. The van der Waals surface area contributed by atoms with Gasteiger partial charge in [0.05, 0.1) is 6.54 Å². The van der Waals surface area contributed by atoms with Gasteiger partial charge in [0.25, 0.3) is 0 Å². The van der Waals surface area contributed by atoms with Gasteiger partial charge in [-0.3, -0.25) is 4.79 Å². The number of nitrogens with zero attached hydrogens (tertiary/aromatic N) is 1. The van der Waals surface area contributed by atoms with E-state index in [0.29, 0.717) is 19.5 Å². The van der Waals surface area contributed by atoms with Crippen molar-refractivity contribution in [1.29, 1.82) is 0 Å². The molecule has 0 spiro atoms. The molecule has 0 aromatic carbocycles. The number of carboxylic acids is 1. The Bertz CT molecular complexity index is 542. The number of rotatable bonds is 7. The summed E-state index contributed by atoms with van der Waals surface area (Å²) in [6, 6.07) is 0. The number of carbonyl (C=O) groups is 1. The molecule has 8 nitrogen and oxygen atoms in total. The molecule has 1 atom stereocenters. The summed E-state index contributed by atoms with van der Waals surface area (Å²) in [5.74, 6) is -0.972. The van der Waals surface area contributed by atoms with Gasteiger partial charge < -0.3 is 10.4 Å². The SMILES string of the molecule is CS(=O)(=O)CS(=O)(=O)N1CCCC(CNCC(=O)O)C1. The van der Waals surface area contributed by atoms with E-state index in [2.05, 4.69) is 5.32 Å². The Morgan fingerprint density at radius 3 is 2.55 bits per heavy atom. The number of sulfone groups is 1. The van der Waals surface area contributed by atoms with Crippen molar-refractivity contribution in [3.63, 3.8) is 0 Å². The van der Waals surface area contributed by atoms with Crippen molar-refractivity contribution < 1.29 is 26.7 Å². The summed E-state index contributed by atoms with van der Waals surface area (Å²) < 4.78 is 47.4. The number of nitrogens with one attached hydrogen (secondary N) is 1. The summed E-state index contributed by atoms with van der Waals surface area (Å²) in [4.78, 5) is 10.4. The fraction of sp³-hybridized carbons (Fsp3) is 0.900. The van der Waals surface area contributed by atoms with E-state index in [1.807, 2.05) is 0 Å². The van der Waals surface area contributed by atoms with Crippen molar-refractivity contribution in [3.8, 4) is 0 Å². The highest BCUT2D eigenvalue weighted by Gasteiger charge is 2.31. The van der Waals surface area contributed by atoms with E-state index in [9.17, 15) is 21.6 Å². The molecule has 20 heavy (non-hydrogen) atoms. The van der Waals surface area contributed by atoms with Crippen LogP contribution in [-0.4, -0.2) is 69.7 Å². The molecule has 1 fully saturated rings. The molecule has 0 saturated carbocycles. The molecule has 1 rings (SSSR count). The van der Waals surface area contributed by atoms with Crippen LogP contribution in [0.25, 0.3) is 0 Å². The van der Waals surface area contributed by atoms with E-state index < -0.39 is 30.9 Å². The largest absolute Gasteiger partial charge is 0.480 e. The second kappa shape index (κ2) is 6.83. The Morgan fingerprint density at radius 1 is 1.35 bits per heavy atom. The summed E-state index contributed by atoms with van der Waals surface area (Å²) in [5, 5.41) is 10.4. The molecule has 0 aromatic rings. The third-order valence-corrected chi connectivity index (χ3v) is 6.97. The Hall–Kier alpha value is -0.710. The zero-order valence-electron chi connectivity index (χ0n) is 11.3. The first-order valence-electron chi connectivity index (χ1n) is 6.18. The van der Waals surface area contributed by atoms with Crippen LogP contribution in [0.2, 0.25) is 0 Å². The van der Waals surface area contributed by atoms with E-state index in [1.165, 1.54) is 4.31 Å². The van der Waals surface area contributed by atoms with Crippen molar-refractivity contribution in [2.75, 3.05) is 37.5 Å². The van der Waals surface area contributed by atoms with Gasteiger partial charge in [0.15, 0.2) is 14.9 Å². The lowest BCUT2D eigenvalue weighted by Crippen LogP contribution is -2.45. The van der Waals surface area contributed by atoms with Gasteiger partial charge in [-0.15, -0.1) is 0 Å². The highest BCUT2D eigenvalue weighted by Crippen LogP contribution is 2.19. The lowest BCUT2D eigenvalue weighted by Gasteiger charge is -2.31. The molecule has 0 aromatic heterocycles. The molecular weight excluding hydrogens is 308 g/mol. The lowest BCUT2D eigenvalue weighted by atomic mass is 10.00. The monoisotopic (exact) mass is 328 g/mol. The van der Waals surface area contributed by atoms with Gasteiger partial charge in [0, 0.05) is 19.3 Å². The summed E-state index contributed by atoms with van der Waals surface area (Å²) in [6.07, 6.45) is 2.32. The third-order valence-electron chi connectivity index (χ3n) is 2.95. The molecule has 118 valence electrons. The third kappa shape index (κ3) is 6.16. The number of carboxylic acid groups (broad SMARTS) is 1. The van der Waals surface area contributed by atoms with Crippen LogP contribution in [0.4, 0.5) is 0 Å². The standard InChI is InChI=1S/C10H20N2O6S2/c1-19(15,16)8-20(17,18)12-4-2-3-9(7-12)5-11-6-10(13)14/h9,11H,2-8H2,1H3,(H,13,14). The molecular formula is C10H20N2O6S2. The minimum atomic E-state index is -3.81. The Kier molecular flexibility index (Phi) is 5.92. The summed E-state index contributed by atoms with van der Waals surface area (Å²) in [7, 11) is -7.41. The maximum Gasteiger partial charge on any atom is 0.317 e. The van der Waals surface area contributed by atoms with E-state index in [0.717, 1.165) is 12.7 Å². The second-order valence-electron chi connectivity index (χ2n) is 5.05. The summed E-state index contributed by atoms with van der Waals surface area (Å²) >= 11 is 0. The minimum absolute atomic E-state index is 0.00237. The number of sulfonamides is 1. The molecule has 1 saturated heterocycles. The van der Waals surface area contributed by atoms with Crippen molar-refractivity contribution in [2.45, 2.75) is 12.8 Å². The van der Waals surface area contributed by atoms with E-state index >= 15 is 0 Å². The molecule has 10 heteroatoms. The highest BCUT2D eigenvalue weighted by molar-refractivity contribution is 8.06. The van der Waals surface area contributed by atoms with Crippen LogP contribution >= 0.6 is 0 Å². The first kappa shape index (κ1) is 17.3. The van der Waals surface area contributed by atoms with Crippen LogP contribution in [0.15, 0.2) is 0 Å². The molecule has 0 amide bonds. The average molecular weight is 328 g/mol. The fourth-order valence-electron chi connectivity index (χ4n) is 2.17. The number of piperidine rings is 1. The van der Waals surface area contributed by atoms with Gasteiger partial charge in [-0.25, -0.2) is 21.1 Å². The van der Waals surface area contributed by atoms with Crippen molar-refractivity contribution in [2.24, 2.45) is 5.92 Å². The lowest BCUT2D eigenvalue weighted by molar-refractivity contribution is -0.136. The maximum absolute atomic E-state index is 12.0. The Morgan fingerprint density at radius 2 is 2.00 bits per heavy atom. The Labute approximate surface area is 119 Å². The van der Waals surface area contributed by atoms with Gasteiger partial charge in [-0.1, -0.05) is 0 Å². The summed E-state index contributed by atoms with van der Waals surface area (Å²) in [5.41, 5.74) is 0. The smallest absolute Gasteiger partial charge is 0.317 e. The van der Waals surface area contributed by atoms with E-state index in [4.69, 9.17) is 5.11 Å². The Balaban J connectivity index is 2.58. The number of hydrogen-bond donors (Lipinski definition) is 2. The van der Waals surface area contributed by atoms with Crippen molar-refractivity contribution >= 4 is 25.8 Å². The summed E-state index contributed by atoms with van der Waals surface area (Å²) in [6.45, 7) is 0.765. The van der Waals surface area contributed by atoms with Gasteiger partial charge in [-0.05, 0) is 25.3 Å². The molecule has 1 heterocycles. The zero-order valence-corrected chi connectivity index (χ0v) is 12.9. The van der Waals surface area contributed by atoms with E-state index in [-0.39, 0.29) is 19.0 Å². The molecule has 0 radical (unpaired) electrons. The van der Waals surface area contributed by atoms with Crippen LogP contribution < -0.4 is 5.32 Å². The predicted octanol–water partition coefficient (Wildman–Crippen LogP) is -1.30. The molecule has 1 aliphatic rings.